The quantitative estimate of drug-likeness (QED) is 0.611. The number of rotatable bonds is 3. The lowest BCUT2D eigenvalue weighted by Crippen LogP contribution is -2.48. The summed E-state index contributed by atoms with van der Waals surface area (Å²) in [6.07, 6.45) is 2.60. The van der Waals surface area contributed by atoms with Crippen LogP contribution in [0.25, 0.3) is 22.2 Å². The lowest BCUT2D eigenvalue weighted by molar-refractivity contribution is -0.0273. The first-order chi connectivity index (χ1) is 14.8. The van der Waals surface area contributed by atoms with Gasteiger partial charge in [0.05, 0.1) is 28.8 Å². The molecule has 1 aromatic carbocycles. The molecule has 1 aliphatic heterocycles. The summed E-state index contributed by atoms with van der Waals surface area (Å²) < 4.78 is 22.5. The molecule has 0 unspecified atom stereocenters. The van der Waals surface area contributed by atoms with E-state index in [1.807, 2.05) is 6.07 Å². The van der Waals surface area contributed by atoms with E-state index in [0.717, 1.165) is 6.54 Å². The Morgan fingerprint density at radius 3 is 2.68 bits per heavy atom. The molecule has 0 spiro atoms. The number of halogens is 2. The highest BCUT2D eigenvalue weighted by molar-refractivity contribution is 6.30. The van der Waals surface area contributed by atoms with Crippen LogP contribution in [0.4, 0.5) is 10.2 Å². The number of fused-ring (bicyclic) bond motifs is 1. The van der Waals surface area contributed by atoms with Gasteiger partial charge in [0, 0.05) is 36.8 Å². The fraction of sp³-hybridized carbons (Fsp3) is 0.435. The third-order valence-corrected chi connectivity index (χ3v) is 6.45. The monoisotopic (exact) mass is 442 g/mol. The number of hydrogen-bond acceptors (Lipinski definition) is 5. The van der Waals surface area contributed by atoms with Gasteiger partial charge in [-0.05, 0) is 50.8 Å². The number of hydrogen-bond donors (Lipinski definition) is 0. The molecule has 0 bridgehead atoms. The summed E-state index contributed by atoms with van der Waals surface area (Å²) in [5, 5.41) is 0.594. The third-order valence-electron chi connectivity index (χ3n) is 6.21. The number of pyridine rings is 1. The second-order valence-corrected chi connectivity index (χ2v) is 9.03. The van der Waals surface area contributed by atoms with E-state index in [4.69, 9.17) is 21.3 Å². The number of ether oxygens (including phenoxy) is 1. The predicted octanol–water partition coefficient (Wildman–Crippen LogP) is 4.10. The Hall–Kier alpha value is -2.51. The second-order valence-electron chi connectivity index (χ2n) is 8.60. The van der Waals surface area contributed by atoms with Gasteiger partial charge in [-0.3, -0.25) is 9.36 Å². The van der Waals surface area contributed by atoms with Gasteiger partial charge >= 0.3 is 0 Å². The van der Waals surface area contributed by atoms with Crippen molar-refractivity contribution in [2.45, 2.75) is 38.9 Å². The Kier molecular flexibility index (Phi) is 4.98. The maximum absolute atomic E-state index is 14.9. The van der Waals surface area contributed by atoms with Gasteiger partial charge in [0.15, 0.2) is 0 Å². The molecule has 2 aromatic heterocycles. The van der Waals surface area contributed by atoms with Gasteiger partial charge in [-0.25, -0.2) is 14.4 Å². The van der Waals surface area contributed by atoms with E-state index in [9.17, 15) is 9.18 Å². The van der Waals surface area contributed by atoms with E-state index in [2.05, 4.69) is 16.8 Å². The molecule has 3 aromatic rings. The van der Waals surface area contributed by atoms with Crippen LogP contribution in [0.1, 0.15) is 25.6 Å². The molecule has 5 rings (SSSR count). The molecule has 2 fully saturated rings. The molecule has 31 heavy (non-hydrogen) atoms. The zero-order chi connectivity index (χ0) is 21.9. The molecule has 2 aliphatic rings. The van der Waals surface area contributed by atoms with Gasteiger partial charge in [0.1, 0.15) is 17.5 Å². The number of anilines is 1. The van der Waals surface area contributed by atoms with Gasteiger partial charge < -0.3 is 9.64 Å². The molecule has 162 valence electrons. The van der Waals surface area contributed by atoms with Gasteiger partial charge in [-0.1, -0.05) is 11.6 Å². The maximum atomic E-state index is 14.9. The average Bonchev–Trinajstić information content (AvgIpc) is 3.56. The van der Waals surface area contributed by atoms with Gasteiger partial charge in [0.25, 0.3) is 5.56 Å². The maximum Gasteiger partial charge on any atom is 0.263 e. The standard InChI is InChI=1S/C23H24ClFN4O2/c1-12-10-29(11-19(31-12)14-4-5-14)20-9-18-21(23(30)28(3)13(2)26-18)22(27-20)16-7-6-15(24)8-17(16)25/h6-9,12,14,19H,4-5,10-11H2,1-3H3/t12-,19-/m1/s1. The number of aryl methyl sites for hydroxylation is 1. The van der Waals surface area contributed by atoms with Gasteiger partial charge in [0.2, 0.25) is 0 Å². The van der Waals surface area contributed by atoms with Crippen LogP contribution in [0.3, 0.4) is 0 Å². The summed E-state index contributed by atoms with van der Waals surface area (Å²) in [5.74, 6) is 1.33. The Balaban J connectivity index is 1.72. The summed E-state index contributed by atoms with van der Waals surface area (Å²) in [4.78, 5) is 24.7. The first-order valence-electron chi connectivity index (χ1n) is 10.6. The van der Waals surface area contributed by atoms with Crippen molar-refractivity contribution < 1.29 is 9.13 Å². The van der Waals surface area contributed by atoms with Crippen molar-refractivity contribution in [2.24, 2.45) is 13.0 Å². The molecular weight excluding hydrogens is 419 g/mol. The highest BCUT2D eigenvalue weighted by Crippen LogP contribution is 2.38. The lowest BCUT2D eigenvalue weighted by atomic mass is 10.1. The van der Waals surface area contributed by atoms with E-state index in [-0.39, 0.29) is 34.0 Å². The van der Waals surface area contributed by atoms with Crippen LogP contribution in [0, 0.1) is 18.7 Å². The molecule has 0 N–H and O–H groups in total. The minimum atomic E-state index is -0.521. The Morgan fingerprint density at radius 2 is 1.97 bits per heavy atom. The SMILES string of the molecule is Cc1nc2cc(N3C[C@@H](C)O[C@@H](C4CC4)C3)nc(-c3ccc(Cl)cc3F)c2c(=O)n1C. The lowest BCUT2D eigenvalue weighted by Gasteiger charge is -2.38. The zero-order valence-corrected chi connectivity index (χ0v) is 18.5. The number of morpholine rings is 1. The van der Waals surface area contributed by atoms with E-state index in [1.54, 1.807) is 26.1 Å². The van der Waals surface area contributed by atoms with E-state index < -0.39 is 5.82 Å². The number of aromatic nitrogens is 3. The van der Waals surface area contributed by atoms with Crippen LogP contribution in [0.2, 0.25) is 5.02 Å². The Bertz CT molecular complexity index is 1240. The van der Waals surface area contributed by atoms with Crippen LogP contribution < -0.4 is 10.5 Å². The zero-order valence-electron chi connectivity index (χ0n) is 17.7. The van der Waals surface area contributed by atoms with Crippen molar-refractivity contribution in [3.05, 3.63) is 51.3 Å². The summed E-state index contributed by atoms with van der Waals surface area (Å²) in [6.45, 7) is 5.23. The fourth-order valence-electron chi connectivity index (χ4n) is 4.32. The molecule has 2 atom stereocenters. The van der Waals surface area contributed by atoms with Crippen LogP contribution in [0.5, 0.6) is 0 Å². The highest BCUT2D eigenvalue weighted by Gasteiger charge is 2.38. The van der Waals surface area contributed by atoms with Gasteiger partial charge in [-0.15, -0.1) is 0 Å². The molecule has 1 aliphatic carbocycles. The van der Waals surface area contributed by atoms with E-state index in [1.165, 1.54) is 23.5 Å². The molecule has 6 nitrogen and oxygen atoms in total. The average molecular weight is 443 g/mol. The normalized spacial score (nSPS) is 21.6. The van der Waals surface area contributed by atoms with Crippen LogP contribution in [-0.2, 0) is 11.8 Å². The van der Waals surface area contributed by atoms with Crippen molar-refractivity contribution in [2.75, 3.05) is 18.0 Å². The molecular formula is C23H24ClFN4O2. The highest BCUT2D eigenvalue weighted by atomic mass is 35.5. The van der Waals surface area contributed by atoms with Crippen LogP contribution >= 0.6 is 11.6 Å². The molecule has 8 heteroatoms. The molecule has 1 saturated heterocycles. The van der Waals surface area contributed by atoms with Crippen molar-refractivity contribution in [1.82, 2.24) is 14.5 Å². The summed E-state index contributed by atoms with van der Waals surface area (Å²) in [5.41, 5.74) is 0.783. The Labute approximate surface area is 184 Å². The molecule has 1 saturated carbocycles. The van der Waals surface area contributed by atoms with Gasteiger partial charge in [-0.2, -0.15) is 0 Å². The first-order valence-corrected chi connectivity index (χ1v) is 10.9. The van der Waals surface area contributed by atoms with Crippen LogP contribution in [0.15, 0.2) is 29.1 Å². The third kappa shape index (κ3) is 3.70. The van der Waals surface area contributed by atoms with Crippen molar-refractivity contribution >= 4 is 28.3 Å². The number of nitrogens with zero attached hydrogens (tertiary/aromatic N) is 4. The smallest absolute Gasteiger partial charge is 0.263 e. The predicted molar refractivity (Wildman–Crippen MR) is 119 cm³/mol. The minimum Gasteiger partial charge on any atom is -0.371 e. The van der Waals surface area contributed by atoms with Crippen molar-refractivity contribution in [3.63, 3.8) is 0 Å². The number of benzene rings is 1. The first kappa shape index (κ1) is 20.4. The van der Waals surface area contributed by atoms with E-state index in [0.29, 0.717) is 35.0 Å². The summed E-state index contributed by atoms with van der Waals surface area (Å²) in [6, 6.07) is 6.25. The van der Waals surface area contributed by atoms with Crippen molar-refractivity contribution in [3.8, 4) is 11.3 Å². The fourth-order valence-corrected chi connectivity index (χ4v) is 4.48. The second kappa shape index (κ2) is 7.57. The molecule has 3 heterocycles. The molecule has 0 radical (unpaired) electrons. The largest absolute Gasteiger partial charge is 0.371 e. The van der Waals surface area contributed by atoms with Crippen LogP contribution in [-0.4, -0.2) is 39.8 Å². The summed E-state index contributed by atoms with van der Waals surface area (Å²) >= 11 is 5.96. The van der Waals surface area contributed by atoms with E-state index >= 15 is 0 Å². The topological polar surface area (TPSA) is 60.2 Å². The Morgan fingerprint density at radius 1 is 1.19 bits per heavy atom. The summed E-state index contributed by atoms with van der Waals surface area (Å²) in [7, 11) is 1.66. The van der Waals surface area contributed by atoms with Crippen molar-refractivity contribution in [1.29, 1.82) is 0 Å². The minimum absolute atomic E-state index is 0.0610. The molecule has 0 amide bonds.